The Morgan fingerprint density at radius 1 is 0.268 bits per heavy atom. The van der Waals surface area contributed by atoms with Crippen LogP contribution in [0.5, 0.6) is 0 Å². The number of nitrogens with zero attached hydrogens (tertiary/aromatic N) is 8. The third-order valence-electron chi connectivity index (χ3n) is 16.0. The van der Waals surface area contributed by atoms with Crippen molar-refractivity contribution >= 4 is 110 Å². The van der Waals surface area contributed by atoms with Crippen molar-refractivity contribution in [2.75, 3.05) is 9.80 Å². The second-order valence-electron chi connectivity index (χ2n) is 20.8. The highest BCUT2D eigenvalue weighted by atomic mass is 15.1. The molecule has 82 heavy (non-hydrogen) atoms. The molecule has 0 N–H and O–H groups in total. The van der Waals surface area contributed by atoms with Crippen LogP contribution in [-0.4, -0.2) is 29.1 Å². The number of rotatable bonds is 10. The van der Waals surface area contributed by atoms with Gasteiger partial charge in [0.25, 0.3) is 0 Å². The molecule has 8 heteroatoms. The molecule has 0 atom stereocenters. The van der Waals surface area contributed by atoms with E-state index < -0.39 is 0 Å². The lowest BCUT2D eigenvalue weighted by Gasteiger charge is -2.26. The number of hydrogen-bond donors (Lipinski definition) is 0. The minimum atomic E-state index is 0.805. The highest BCUT2D eigenvalue weighted by Gasteiger charge is 2.21. The molecule has 384 valence electrons. The van der Waals surface area contributed by atoms with Crippen molar-refractivity contribution in [3.05, 3.63) is 292 Å². The van der Waals surface area contributed by atoms with Gasteiger partial charge in [0, 0.05) is 114 Å². The number of pyridine rings is 2. The highest BCUT2D eigenvalue weighted by Crippen LogP contribution is 2.43. The Balaban J connectivity index is 0.777. The fourth-order valence-electron chi connectivity index (χ4n) is 12.2. The molecule has 11 aromatic carbocycles. The van der Waals surface area contributed by atoms with Crippen molar-refractivity contribution < 1.29 is 0 Å². The molecule has 5 heterocycles. The maximum atomic E-state index is 5.37. The van der Waals surface area contributed by atoms with Crippen molar-refractivity contribution in [1.82, 2.24) is 29.1 Å². The Hall–Kier alpha value is -11.2. The molecule has 8 nitrogen and oxygen atoms in total. The van der Waals surface area contributed by atoms with E-state index in [9.17, 15) is 0 Å². The minimum absolute atomic E-state index is 0.805. The number of fused-ring (bicyclic) bond motifs is 9. The van der Waals surface area contributed by atoms with Gasteiger partial charge in [-0.05, 0) is 156 Å². The number of anilines is 6. The zero-order valence-corrected chi connectivity index (χ0v) is 44.3. The standard InChI is InChI=1S/C74H48N8/c1-7-17-69-63(11-1)64-12-2-8-18-70(64)81(69)59-37-33-57(34-38-59)79(61-31-25-53-47-75-43-41-51(53)45-61)55-27-21-49(22-28-55)73-74(78-68-16-6-5-15-67(68)77-73)50-23-29-56(30-24-50)80(62-32-26-54-48-76-44-42-52(54)46-62)58-35-39-60(40-36-58)82-71-19-9-3-13-65(71)66-14-4-10-20-72(66)82/h1-48H. The van der Waals surface area contributed by atoms with E-state index in [1.54, 1.807) is 0 Å². The van der Waals surface area contributed by atoms with Crippen LogP contribution in [0.3, 0.4) is 0 Å². The van der Waals surface area contributed by atoms with Gasteiger partial charge in [0.2, 0.25) is 0 Å². The van der Waals surface area contributed by atoms with E-state index in [2.05, 4.69) is 272 Å². The van der Waals surface area contributed by atoms with Crippen molar-refractivity contribution in [3.63, 3.8) is 0 Å². The van der Waals surface area contributed by atoms with Crippen LogP contribution in [0, 0.1) is 0 Å². The lowest BCUT2D eigenvalue weighted by Crippen LogP contribution is -2.10. The van der Waals surface area contributed by atoms with Crippen molar-refractivity contribution in [1.29, 1.82) is 0 Å². The summed E-state index contributed by atoms with van der Waals surface area (Å²) in [7, 11) is 0. The van der Waals surface area contributed by atoms with E-state index in [1.807, 2.05) is 49.1 Å². The van der Waals surface area contributed by atoms with Gasteiger partial charge in [-0.15, -0.1) is 0 Å². The lowest BCUT2D eigenvalue weighted by atomic mass is 10.0. The number of aromatic nitrogens is 6. The summed E-state index contributed by atoms with van der Waals surface area (Å²) in [5.41, 5.74) is 18.3. The number of para-hydroxylation sites is 6. The highest BCUT2D eigenvalue weighted by molar-refractivity contribution is 6.10. The Labute approximate surface area is 472 Å². The van der Waals surface area contributed by atoms with Crippen LogP contribution in [0.25, 0.3) is 110 Å². The molecule has 0 saturated heterocycles. The predicted molar refractivity (Wildman–Crippen MR) is 339 cm³/mol. The van der Waals surface area contributed by atoms with Crippen LogP contribution in [0.2, 0.25) is 0 Å². The van der Waals surface area contributed by atoms with E-state index in [-0.39, 0.29) is 0 Å². The molecule has 16 aromatic rings. The van der Waals surface area contributed by atoms with E-state index >= 15 is 0 Å². The normalized spacial score (nSPS) is 11.7. The Morgan fingerprint density at radius 3 is 0.951 bits per heavy atom. The first-order valence-electron chi connectivity index (χ1n) is 27.6. The van der Waals surface area contributed by atoms with Gasteiger partial charge in [-0.2, -0.15) is 0 Å². The van der Waals surface area contributed by atoms with Crippen LogP contribution < -0.4 is 9.80 Å². The molecule has 0 aliphatic heterocycles. The summed E-state index contributed by atoms with van der Waals surface area (Å²) in [4.78, 5) is 24.2. The van der Waals surface area contributed by atoms with E-state index in [0.29, 0.717) is 0 Å². The minimum Gasteiger partial charge on any atom is -0.310 e. The molecular formula is C74H48N8. The summed E-state index contributed by atoms with van der Waals surface area (Å²) in [6, 6.07) is 95.3. The zero-order chi connectivity index (χ0) is 54.1. The molecule has 16 rings (SSSR count). The van der Waals surface area contributed by atoms with Crippen LogP contribution in [0.4, 0.5) is 34.1 Å². The molecule has 0 bridgehead atoms. The third kappa shape index (κ3) is 7.92. The summed E-state index contributed by atoms with van der Waals surface area (Å²) in [5.74, 6) is 0. The van der Waals surface area contributed by atoms with Gasteiger partial charge in [-0.3, -0.25) is 9.97 Å². The smallest absolute Gasteiger partial charge is 0.0973 e. The average molecular weight is 1050 g/mol. The average Bonchev–Trinajstić information content (AvgIpc) is 3.91. The van der Waals surface area contributed by atoms with Crippen LogP contribution in [0.15, 0.2) is 292 Å². The topological polar surface area (TPSA) is 67.9 Å². The SMILES string of the molecule is c1ccc2nc(-c3ccc(N(c4ccc(-n5c6ccccc6c6ccccc65)cc4)c4ccc5cnccc5c4)cc3)c(-c3ccc(N(c4ccc(-n5c6ccccc6c6ccccc65)cc4)c4ccc5cnccc5c4)cc3)nc2c1. The summed E-state index contributed by atoms with van der Waals surface area (Å²) in [6.45, 7) is 0. The van der Waals surface area contributed by atoms with Crippen LogP contribution in [-0.2, 0) is 0 Å². The Bertz CT molecular complexity index is 4670. The van der Waals surface area contributed by atoms with Gasteiger partial charge >= 0.3 is 0 Å². The maximum absolute atomic E-state index is 5.37. The monoisotopic (exact) mass is 1050 g/mol. The Morgan fingerprint density at radius 2 is 0.585 bits per heavy atom. The molecule has 0 radical (unpaired) electrons. The third-order valence-corrected chi connectivity index (χ3v) is 16.0. The molecule has 0 aliphatic rings. The number of hydrogen-bond acceptors (Lipinski definition) is 6. The lowest BCUT2D eigenvalue weighted by molar-refractivity contribution is 1.17. The summed E-state index contributed by atoms with van der Waals surface area (Å²) < 4.78 is 4.72. The molecule has 0 aliphatic carbocycles. The maximum Gasteiger partial charge on any atom is 0.0973 e. The van der Waals surface area contributed by atoms with Gasteiger partial charge in [0.15, 0.2) is 0 Å². The predicted octanol–water partition coefficient (Wildman–Crippen LogP) is 19.2. The van der Waals surface area contributed by atoms with E-state index in [0.717, 1.165) is 101 Å². The van der Waals surface area contributed by atoms with E-state index in [4.69, 9.17) is 9.97 Å². The quantitative estimate of drug-likeness (QED) is 0.136. The van der Waals surface area contributed by atoms with Crippen molar-refractivity contribution in [2.24, 2.45) is 0 Å². The summed E-state index contributed by atoms with van der Waals surface area (Å²) in [5, 5.41) is 9.35. The van der Waals surface area contributed by atoms with Gasteiger partial charge in [0.05, 0.1) is 44.5 Å². The molecule has 0 spiro atoms. The first-order valence-corrected chi connectivity index (χ1v) is 27.6. The van der Waals surface area contributed by atoms with Gasteiger partial charge < -0.3 is 18.9 Å². The molecule has 0 amide bonds. The second kappa shape index (κ2) is 19.3. The van der Waals surface area contributed by atoms with Crippen LogP contribution >= 0.6 is 0 Å². The molecule has 0 unspecified atom stereocenters. The fourth-order valence-corrected chi connectivity index (χ4v) is 12.2. The Kier molecular flexibility index (Phi) is 11.0. The largest absolute Gasteiger partial charge is 0.310 e. The van der Waals surface area contributed by atoms with Crippen LogP contribution in [0.1, 0.15) is 0 Å². The first kappa shape index (κ1) is 46.8. The molecule has 0 fully saturated rings. The van der Waals surface area contributed by atoms with Gasteiger partial charge in [-0.1, -0.05) is 121 Å². The van der Waals surface area contributed by atoms with E-state index in [1.165, 1.54) is 43.6 Å². The van der Waals surface area contributed by atoms with Crippen molar-refractivity contribution in [2.45, 2.75) is 0 Å². The fraction of sp³-hybridized carbons (Fsp3) is 0. The van der Waals surface area contributed by atoms with Gasteiger partial charge in [-0.25, -0.2) is 9.97 Å². The summed E-state index contributed by atoms with van der Waals surface area (Å²) >= 11 is 0. The second-order valence-corrected chi connectivity index (χ2v) is 20.8. The molecule has 5 aromatic heterocycles. The first-order chi connectivity index (χ1) is 40.6. The van der Waals surface area contributed by atoms with Gasteiger partial charge in [0.1, 0.15) is 0 Å². The molecule has 0 saturated carbocycles. The zero-order valence-electron chi connectivity index (χ0n) is 44.3. The summed E-state index contributed by atoms with van der Waals surface area (Å²) in [6.07, 6.45) is 7.54. The van der Waals surface area contributed by atoms with Crippen molar-refractivity contribution in [3.8, 4) is 33.9 Å². The number of benzene rings is 11. The molecular weight excluding hydrogens is 1000 g/mol.